The minimum absolute atomic E-state index is 0.145. The molecule has 1 aliphatic carbocycles. The highest BCUT2D eigenvalue weighted by Crippen LogP contribution is 2.38. The fourth-order valence-electron chi connectivity index (χ4n) is 2.48. The van der Waals surface area contributed by atoms with Gasteiger partial charge in [0.05, 0.1) is 0 Å². The number of carbonyl (C=O) groups is 1. The zero-order chi connectivity index (χ0) is 16.5. The Morgan fingerprint density at radius 1 is 1.17 bits per heavy atom. The first-order valence-corrected chi connectivity index (χ1v) is 8.58. The van der Waals surface area contributed by atoms with E-state index in [9.17, 15) is 4.79 Å². The van der Waals surface area contributed by atoms with Crippen molar-refractivity contribution in [2.75, 3.05) is 5.32 Å². The van der Waals surface area contributed by atoms with Crippen molar-refractivity contribution in [2.24, 2.45) is 0 Å². The number of aromatic nitrogens is 3. The number of nitrogens with one attached hydrogen (secondary N) is 2. The van der Waals surface area contributed by atoms with Crippen LogP contribution in [0.1, 0.15) is 34.9 Å². The lowest BCUT2D eigenvalue weighted by atomic mass is 10.1. The number of H-pyrrole nitrogens is 1. The first kappa shape index (κ1) is 15.1. The zero-order valence-electron chi connectivity index (χ0n) is 12.8. The van der Waals surface area contributed by atoms with Gasteiger partial charge in [-0.2, -0.15) is 5.10 Å². The number of aromatic amines is 1. The zero-order valence-corrected chi connectivity index (χ0v) is 14.4. The molecule has 1 fully saturated rings. The number of hydrogen-bond donors (Lipinski definition) is 2. The van der Waals surface area contributed by atoms with Crippen LogP contribution in [-0.4, -0.2) is 21.1 Å². The van der Waals surface area contributed by atoms with E-state index in [1.165, 1.54) is 12.8 Å². The van der Waals surface area contributed by atoms with Crippen LogP contribution in [0.3, 0.4) is 0 Å². The molecule has 0 aliphatic heterocycles. The van der Waals surface area contributed by atoms with Crippen LogP contribution in [0.4, 0.5) is 5.69 Å². The van der Waals surface area contributed by atoms with Crippen LogP contribution in [0.15, 0.2) is 53.0 Å². The van der Waals surface area contributed by atoms with Gasteiger partial charge in [0.15, 0.2) is 5.82 Å². The van der Waals surface area contributed by atoms with E-state index in [0.29, 0.717) is 17.3 Å². The minimum atomic E-state index is -0.145. The Labute approximate surface area is 147 Å². The van der Waals surface area contributed by atoms with E-state index in [-0.39, 0.29) is 5.91 Å². The van der Waals surface area contributed by atoms with Gasteiger partial charge in [0.2, 0.25) is 0 Å². The lowest BCUT2D eigenvalue weighted by molar-refractivity contribution is 0.102. The van der Waals surface area contributed by atoms with Crippen LogP contribution in [0.2, 0.25) is 0 Å². The smallest absolute Gasteiger partial charge is 0.255 e. The number of halogens is 1. The fourth-order valence-corrected chi connectivity index (χ4v) is 2.75. The molecule has 120 valence electrons. The third-order valence-electron chi connectivity index (χ3n) is 3.95. The summed E-state index contributed by atoms with van der Waals surface area (Å²) in [6.45, 7) is 0. The second-order valence-electron chi connectivity index (χ2n) is 5.86. The molecule has 24 heavy (non-hydrogen) atoms. The molecule has 6 heteroatoms. The maximum atomic E-state index is 12.3. The number of carbonyl (C=O) groups excluding carboxylic acids is 1. The van der Waals surface area contributed by atoms with Crippen molar-refractivity contribution < 1.29 is 4.79 Å². The highest BCUT2D eigenvalue weighted by Gasteiger charge is 2.27. The van der Waals surface area contributed by atoms with Crippen LogP contribution >= 0.6 is 15.9 Å². The van der Waals surface area contributed by atoms with Crippen LogP contribution in [0.25, 0.3) is 11.4 Å². The van der Waals surface area contributed by atoms with Crippen molar-refractivity contribution in [2.45, 2.75) is 18.8 Å². The average Bonchev–Trinajstić information content (AvgIpc) is 3.33. The number of nitrogens with zero attached hydrogens (tertiary/aromatic N) is 2. The molecule has 0 unspecified atom stereocenters. The highest BCUT2D eigenvalue weighted by atomic mass is 79.9. The van der Waals surface area contributed by atoms with Gasteiger partial charge < -0.3 is 5.32 Å². The van der Waals surface area contributed by atoms with Gasteiger partial charge in [-0.25, -0.2) is 4.98 Å². The van der Waals surface area contributed by atoms with Crippen molar-refractivity contribution in [3.8, 4) is 11.4 Å². The molecule has 0 atom stereocenters. The van der Waals surface area contributed by atoms with Crippen molar-refractivity contribution in [1.29, 1.82) is 0 Å². The van der Waals surface area contributed by atoms with Gasteiger partial charge in [-0.1, -0.05) is 28.1 Å². The topological polar surface area (TPSA) is 70.7 Å². The third-order valence-corrected chi connectivity index (χ3v) is 4.48. The van der Waals surface area contributed by atoms with Gasteiger partial charge in [0.1, 0.15) is 5.82 Å². The molecule has 3 aromatic rings. The summed E-state index contributed by atoms with van der Waals surface area (Å²) in [5.74, 6) is 2.01. The summed E-state index contributed by atoms with van der Waals surface area (Å²) >= 11 is 3.36. The van der Waals surface area contributed by atoms with Crippen molar-refractivity contribution in [3.63, 3.8) is 0 Å². The Kier molecular flexibility index (Phi) is 3.90. The molecule has 1 heterocycles. The lowest BCUT2D eigenvalue weighted by Crippen LogP contribution is -2.11. The summed E-state index contributed by atoms with van der Waals surface area (Å²) in [6.07, 6.45) is 2.36. The molecule has 1 saturated carbocycles. The predicted octanol–water partition coefficient (Wildman–Crippen LogP) is 4.36. The Balaban J connectivity index is 1.53. The van der Waals surface area contributed by atoms with Crippen molar-refractivity contribution in [3.05, 3.63) is 64.4 Å². The summed E-state index contributed by atoms with van der Waals surface area (Å²) in [4.78, 5) is 16.9. The van der Waals surface area contributed by atoms with Crippen LogP contribution in [0, 0.1) is 0 Å². The van der Waals surface area contributed by atoms with E-state index in [2.05, 4.69) is 36.4 Å². The SMILES string of the molecule is O=C(Nc1cccc(-c2n[nH]c(C3CC3)n2)c1)c1ccc(Br)cc1. The minimum Gasteiger partial charge on any atom is -0.322 e. The quantitative estimate of drug-likeness (QED) is 0.703. The molecule has 0 saturated heterocycles. The predicted molar refractivity (Wildman–Crippen MR) is 95.9 cm³/mol. The molecular weight excluding hydrogens is 368 g/mol. The van der Waals surface area contributed by atoms with Gasteiger partial charge >= 0.3 is 0 Å². The second-order valence-corrected chi connectivity index (χ2v) is 6.78. The first-order valence-electron chi connectivity index (χ1n) is 7.79. The summed E-state index contributed by atoms with van der Waals surface area (Å²) in [6, 6.07) is 14.8. The Hall–Kier alpha value is -2.47. The molecule has 1 amide bonds. The normalized spacial score (nSPS) is 13.7. The number of anilines is 1. The lowest BCUT2D eigenvalue weighted by Gasteiger charge is -2.06. The van der Waals surface area contributed by atoms with Crippen LogP contribution in [-0.2, 0) is 0 Å². The van der Waals surface area contributed by atoms with Gasteiger partial charge in [-0.3, -0.25) is 9.89 Å². The van der Waals surface area contributed by atoms with E-state index in [0.717, 1.165) is 21.5 Å². The molecule has 2 aromatic carbocycles. The van der Waals surface area contributed by atoms with E-state index in [1.54, 1.807) is 12.1 Å². The maximum absolute atomic E-state index is 12.3. The monoisotopic (exact) mass is 382 g/mol. The molecule has 5 nitrogen and oxygen atoms in total. The van der Waals surface area contributed by atoms with Gasteiger partial charge in [0, 0.05) is 27.2 Å². The summed E-state index contributed by atoms with van der Waals surface area (Å²) in [7, 11) is 0. The van der Waals surface area contributed by atoms with Gasteiger partial charge in [0.25, 0.3) is 5.91 Å². The molecule has 4 rings (SSSR count). The highest BCUT2D eigenvalue weighted by molar-refractivity contribution is 9.10. The molecular formula is C18H15BrN4O. The van der Waals surface area contributed by atoms with Crippen molar-refractivity contribution in [1.82, 2.24) is 15.2 Å². The Bertz CT molecular complexity index is 884. The standard InChI is InChI=1S/C18H15BrN4O/c19-14-8-6-12(7-9-14)18(24)20-15-3-1-2-13(10-15)17-21-16(22-23-17)11-4-5-11/h1-3,6-11H,4-5H2,(H,20,24)(H,21,22,23). The third kappa shape index (κ3) is 3.23. The molecule has 1 aliphatic rings. The van der Waals surface area contributed by atoms with Crippen LogP contribution in [0.5, 0.6) is 0 Å². The molecule has 0 radical (unpaired) electrons. The average molecular weight is 383 g/mol. The Morgan fingerprint density at radius 2 is 1.96 bits per heavy atom. The molecule has 2 N–H and O–H groups in total. The Morgan fingerprint density at radius 3 is 2.71 bits per heavy atom. The summed E-state index contributed by atoms with van der Waals surface area (Å²) in [5.41, 5.74) is 2.21. The van der Waals surface area contributed by atoms with E-state index < -0.39 is 0 Å². The number of amides is 1. The number of hydrogen-bond acceptors (Lipinski definition) is 3. The fraction of sp³-hybridized carbons (Fsp3) is 0.167. The number of benzene rings is 2. The largest absolute Gasteiger partial charge is 0.322 e. The van der Waals surface area contributed by atoms with Gasteiger partial charge in [-0.15, -0.1) is 0 Å². The van der Waals surface area contributed by atoms with Crippen molar-refractivity contribution >= 4 is 27.5 Å². The second kappa shape index (κ2) is 6.20. The van der Waals surface area contributed by atoms with E-state index >= 15 is 0 Å². The summed E-state index contributed by atoms with van der Waals surface area (Å²) in [5, 5.41) is 10.2. The molecule has 0 spiro atoms. The first-order chi connectivity index (χ1) is 11.7. The van der Waals surface area contributed by atoms with E-state index in [4.69, 9.17) is 0 Å². The van der Waals surface area contributed by atoms with Gasteiger partial charge in [-0.05, 0) is 49.2 Å². The molecule has 0 bridgehead atoms. The maximum Gasteiger partial charge on any atom is 0.255 e. The number of rotatable bonds is 4. The van der Waals surface area contributed by atoms with E-state index in [1.807, 2.05) is 36.4 Å². The molecule has 1 aromatic heterocycles. The summed E-state index contributed by atoms with van der Waals surface area (Å²) < 4.78 is 0.942. The van der Waals surface area contributed by atoms with Crippen LogP contribution < -0.4 is 5.32 Å².